The van der Waals surface area contributed by atoms with Gasteiger partial charge in [0.05, 0.1) is 0 Å². The van der Waals surface area contributed by atoms with Crippen molar-refractivity contribution in [2.45, 2.75) is 0 Å². The Balaban J connectivity index is 2.53. The molecule has 0 saturated heterocycles. The standard InChI is InChI=1S/C15H17P/c1-3-16(2,14-10-6-4-7-11-14)15-12-8-5-9-13-15/h3-13,16H,1H2,2H3. The van der Waals surface area contributed by atoms with Gasteiger partial charge in [0.2, 0.25) is 0 Å². The quantitative estimate of drug-likeness (QED) is 0.708. The molecule has 0 N–H and O–H groups in total. The van der Waals surface area contributed by atoms with Crippen molar-refractivity contribution in [2.24, 2.45) is 0 Å². The van der Waals surface area contributed by atoms with Gasteiger partial charge >= 0.3 is 97.6 Å². The first-order chi connectivity index (χ1) is 7.77. The summed E-state index contributed by atoms with van der Waals surface area (Å²) in [7, 11) is -1.71. The second-order valence-corrected chi connectivity index (χ2v) is 8.11. The van der Waals surface area contributed by atoms with Crippen LogP contribution in [0.4, 0.5) is 0 Å². The van der Waals surface area contributed by atoms with E-state index in [0.717, 1.165) is 0 Å². The van der Waals surface area contributed by atoms with Crippen LogP contribution in [-0.2, 0) is 0 Å². The average Bonchev–Trinajstić information content (AvgIpc) is 2.40. The molecular weight excluding hydrogens is 211 g/mol. The summed E-state index contributed by atoms with van der Waals surface area (Å²) in [6.07, 6.45) is 0. The third kappa shape index (κ3) is 1.94. The Kier molecular flexibility index (Phi) is 3.22. The van der Waals surface area contributed by atoms with Crippen LogP contribution in [0.1, 0.15) is 0 Å². The molecule has 0 unspecified atom stereocenters. The van der Waals surface area contributed by atoms with Crippen molar-refractivity contribution < 1.29 is 0 Å². The molecule has 0 bridgehead atoms. The van der Waals surface area contributed by atoms with Gasteiger partial charge in [-0.3, -0.25) is 0 Å². The zero-order chi connectivity index (χ0) is 11.4. The molecule has 2 aromatic carbocycles. The van der Waals surface area contributed by atoms with Crippen molar-refractivity contribution >= 4 is 17.9 Å². The number of hydrogen-bond donors (Lipinski definition) is 0. The molecule has 2 aromatic rings. The molecule has 0 nitrogen and oxygen atoms in total. The Morgan fingerprint density at radius 1 is 0.812 bits per heavy atom. The van der Waals surface area contributed by atoms with E-state index < -0.39 is 7.26 Å². The van der Waals surface area contributed by atoms with Crippen LogP contribution >= 0.6 is 7.26 Å². The van der Waals surface area contributed by atoms with Crippen molar-refractivity contribution in [2.75, 3.05) is 6.66 Å². The Labute approximate surface area is 98.0 Å². The predicted octanol–water partition coefficient (Wildman–Crippen LogP) is 3.16. The molecule has 0 saturated carbocycles. The summed E-state index contributed by atoms with van der Waals surface area (Å²) in [5.74, 6) is 2.15. The van der Waals surface area contributed by atoms with Gasteiger partial charge in [-0.2, -0.15) is 0 Å². The van der Waals surface area contributed by atoms with E-state index in [-0.39, 0.29) is 0 Å². The maximum absolute atomic E-state index is 4.05. The fourth-order valence-electron chi connectivity index (χ4n) is 1.97. The monoisotopic (exact) mass is 228 g/mol. The van der Waals surface area contributed by atoms with Gasteiger partial charge in [0.1, 0.15) is 0 Å². The van der Waals surface area contributed by atoms with Crippen molar-refractivity contribution in [3.05, 3.63) is 73.1 Å². The molecule has 0 aliphatic heterocycles. The zero-order valence-electron chi connectivity index (χ0n) is 9.56. The van der Waals surface area contributed by atoms with E-state index in [1.54, 1.807) is 0 Å². The Bertz CT molecular complexity index is 420. The Morgan fingerprint density at radius 3 is 1.50 bits per heavy atom. The van der Waals surface area contributed by atoms with Gasteiger partial charge < -0.3 is 0 Å². The summed E-state index contributed by atoms with van der Waals surface area (Å²) in [4.78, 5) is 0. The molecule has 0 heterocycles. The first kappa shape index (κ1) is 11.1. The molecule has 0 spiro atoms. The zero-order valence-corrected chi connectivity index (χ0v) is 10.6. The second-order valence-electron chi connectivity index (χ2n) is 4.14. The minimum atomic E-state index is -1.71. The summed E-state index contributed by atoms with van der Waals surface area (Å²) >= 11 is 0. The van der Waals surface area contributed by atoms with Gasteiger partial charge in [-0.15, -0.1) is 0 Å². The van der Waals surface area contributed by atoms with Crippen molar-refractivity contribution in [1.29, 1.82) is 0 Å². The van der Waals surface area contributed by atoms with Gasteiger partial charge in [0.15, 0.2) is 0 Å². The van der Waals surface area contributed by atoms with Gasteiger partial charge in [-0.25, -0.2) is 0 Å². The van der Waals surface area contributed by atoms with E-state index in [4.69, 9.17) is 0 Å². The molecule has 2 rings (SSSR count). The van der Waals surface area contributed by atoms with E-state index in [1.807, 2.05) is 0 Å². The summed E-state index contributed by atoms with van der Waals surface area (Å²) in [5, 5.41) is 2.83. The number of rotatable bonds is 3. The predicted molar refractivity (Wildman–Crippen MR) is 76.6 cm³/mol. The van der Waals surface area contributed by atoms with Crippen molar-refractivity contribution in [3.63, 3.8) is 0 Å². The van der Waals surface area contributed by atoms with E-state index in [9.17, 15) is 0 Å². The van der Waals surface area contributed by atoms with Gasteiger partial charge in [-0.05, 0) is 0 Å². The van der Waals surface area contributed by atoms with Crippen LogP contribution in [0.2, 0.25) is 0 Å². The van der Waals surface area contributed by atoms with Gasteiger partial charge in [0, 0.05) is 0 Å². The van der Waals surface area contributed by atoms with Gasteiger partial charge in [0.25, 0.3) is 0 Å². The summed E-state index contributed by atoms with van der Waals surface area (Å²) < 4.78 is 0. The van der Waals surface area contributed by atoms with Crippen molar-refractivity contribution in [3.8, 4) is 0 Å². The molecule has 0 radical (unpaired) electrons. The summed E-state index contributed by atoms with van der Waals surface area (Å²) in [6, 6.07) is 21.4. The van der Waals surface area contributed by atoms with Crippen LogP contribution in [0.25, 0.3) is 0 Å². The van der Waals surface area contributed by atoms with E-state index in [2.05, 4.69) is 79.7 Å². The molecular formula is C15H17P. The molecule has 0 atom stereocenters. The fraction of sp³-hybridized carbons (Fsp3) is 0.0667. The van der Waals surface area contributed by atoms with E-state index in [1.165, 1.54) is 10.6 Å². The minimum absolute atomic E-state index is 1.41. The summed E-state index contributed by atoms with van der Waals surface area (Å²) in [5.41, 5.74) is 0. The third-order valence-electron chi connectivity index (χ3n) is 3.16. The molecule has 0 fully saturated rings. The average molecular weight is 228 g/mol. The second kappa shape index (κ2) is 4.63. The molecule has 0 aromatic heterocycles. The molecule has 0 aliphatic carbocycles. The molecule has 82 valence electrons. The maximum atomic E-state index is 4.05. The van der Waals surface area contributed by atoms with Gasteiger partial charge in [-0.1, -0.05) is 0 Å². The topological polar surface area (TPSA) is 0 Å². The van der Waals surface area contributed by atoms with Crippen molar-refractivity contribution in [1.82, 2.24) is 0 Å². The van der Waals surface area contributed by atoms with E-state index >= 15 is 0 Å². The number of benzene rings is 2. The molecule has 16 heavy (non-hydrogen) atoms. The van der Waals surface area contributed by atoms with Crippen LogP contribution in [0, 0.1) is 0 Å². The van der Waals surface area contributed by atoms with E-state index in [0.29, 0.717) is 0 Å². The molecule has 0 aliphatic rings. The molecule has 1 heteroatoms. The fourth-order valence-corrected chi connectivity index (χ4v) is 4.55. The molecule has 0 amide bonds. The van der Waals surface area contributed by atoms with Crippen LogP contribution in [0.3, 0.4) is 0 Å². The van der Waals surface area contributed by atoms with Crippen LogP contribution < -0.4 is 10.6 Å². The number of hydrogen-bond acceptors (Lipinski definition) is 0. The van der Waals surface area contributed by atoms with Crippen LogP contribution in [0.15, 0.2) is 73.1 Å². The normalized spacial score (nSPS) is 12.1. The Hall–Kier alpha value is -1.39. The SMILES string of the molecule is C=C[PH](C)(c1ccccc1)c1ccccc1. The first-order valence-corrected chi connectivity index (χ1v) is 8.10. The first-order valence-electron chi connectivity index (χ1n) is 5.52. The van der Waals surface area contributed by atoms with Crippen LogP contribution in [0.5, 0.6) is 0 Å². The van der Waals surface area contributed by atoms with Crippen LogP contribution in [-0.4, -0.2) is 6.66 Å². The summed E-state index contributed by atoms with van der Waals surface area (Å²) in [6.45, 7) is 6.39. The third-order valence-corrected chi connectivity index (χ3v) is 7.04. The Morgan fingerprint density at radius 2 is 1.19 bits per heavy atom.